The quantitative estimate of drug-likeness (QED) is 0.701. The first kappa shape index (κ1) is 16.6. The van der Waals surface area contributed by atoms with Crippen LogP contribution in [0.5, 0.6) is 11.6 Å². The van der Waals surface area contributed by atoms with E-state index in [1.54, 1.807) is 18.6 Å². The lowest BCUT2D eigenvalue weighted by atomic mass is 10.1. The lowest BCUT2D eigenvalue weighted by Crippen LogP contribution is -2.23. The molecule has 0 aromatic carbocycles. The van der Waals surface area contributed by atoms with Crippen molar-refractivity contribution in [3.05, 3.63) is 72.2 Å². The summed E-state index contributed by atoms with van der Waals surface area (Å²) in [5, 5.41) is 0. The molecule has 0 bridgehead atoms. The molecule has 0 spiro atoms. The number of aromatic nitrogens is 4. The molecule has 26 heavy (non-hydrogen) atoms. The fraction of sp³-hybridized carbons (Fsp3) is 0.300. The summed E-state index contributed by atoms with van der Waals surface area (Å²) in [5.41, 5.74) is 3.00. The molecule has 4 rings (SSSR count). The molecule has 3 aromatic heterocycles. The van der Waals surface area contributed by atoms with E-state index in [0.29, 0.717) is 11.6 Å². The zero-order chi connectivity index (χ0) is 17.8. The topological polar surface area (TPSA) is 64.0 Å². The molecular formula is C20H21N5O. The van der Waals surface area contributed by atoms with Gasteiger partial charge in [0.25, 0.3) is 0 Å². The van der Waals surface area contributed by atoms with Gasteiger partial charge in [-0.25, -0.2) is 4.98 Å². The molecule has 1 aliphatic rings. The van der Waals surface area contributed by atoms with Gasteiger partial charge in [-0.3, -0.25) is 19.9 Å². The molecule has 1 saturated heterocycles. The Balaban J connectivity index is 1.53. The maximum absolute atomic E-state index is 5.90. The maximum Gasteiger partial charge on any atom is 0.238 e. The molecule has 1 atom stereocenters. The number of rotatable bonds is 5. The molecular weight excluding hydrogens is 326 g/mol. The van der Waals surface area contributed by atoms with Gasteiger partial charge in [-0.1, -0.05) is 6.07 Å². The molecule has 1 aliphatic heterocycles. The third-order valence-electron chi connectivity index (χ3n) is 4.62. The summed E-state index contributed by atoms with van der Waals surface area (Å²) in [5.74, 6) is 1.21. The van der Waals surface area contributed by atoms with Crippen LogP contribution in [0.15, 0.2) is 55.2 Å². The average Bonchev–Trinajstić information content (AvgIpc) is 3.13. The van der Waals surface area contributed by atoms with Crippen molar-refractivity contribution in [1.29, 1.82) is 0 Å². The standard InChI is InChI=1S/C20H21N5O/c1-15-19(7-3-9-23-15)26-20-13-22-12-17(24-20)18-6-4-10-25(18)14-16-5-2-8-21-11-16/h2-3,5,7-9,11-13,18H,4,6,10,14H2,1H3/t18-/m1/s1. The third kappa shape index (κ3) is 3.70. The minimum atomic E-state index is 0.251. The highest BCUT2D eigenvalue weighted by molar-refractivity contribution is 5.29. The van der Waals surface area contributed by atoms with Crippen LogP contribution in [0.2, 0.25) is 0 Å². The first-order valence-corrected chi connectivity index (χ1v) is 8.84. The average molecular weight is 347 g/mol. The second kappa shape index (κ2) is 7.58. The van der Waals surface area contributed by atoms with E-state index in [0.717, 1.165) is 37.3 Å². The number of hydrogen-bond donors (Lipinski definition) is 0. The molecule has 0 amide bonds. The number of aryl methyl sites for hydroxylation is 1. The number of likely N-dealkylation sites (tertiary alicyclic amines) is 1. The third-order valence-corrected chi connectivity index (χ3v) is 4.62. The Morgan fingerprint density at radius 3 is 2.88 bits per heavy atom. The van der Waals surface area contributed by atoms with Gasteiger partial charge in [0.05, 0.1) is 29.8 Å². The molecule has 0 radical (unpaired) electrons. The molecule has 6 nitrogen and oxygen atoms in total. The molecule has 0 aliphatic carbocycles. The van der Waals surface area contributed by atoms with Crippen molar-refractivity contribution >= 4 is 0 Å². The van der Waals surface area contributed by atoms with E-state index in [9.17, 15) is 0 Å². The molecule has 3 aromatic rings. The van der Waals surface area contributed by atoms with Crippen LogP contribution >= 0.6 is 0 Å². The lowest BCUT2D eigenvalue weighted by molar-refractivity contribution is 0.242. The van der Waals surface area contributed by atoms with Crippen molar-refractivity contribution < 1.29 is 4.74 Å². The van der Waals surface area contributed by atoms with E-state index in [1.165, 1.54) is 5.56 Å². The van der Waals surface area contributed by atoms with Gasteiger partial charge in [0.1, 0.15) is 0 Å². The van der Waals surface area contributed by atoms with E-state index in [-0.39, 0.29) is 6.04 Å². The van der Waals surface area contributed by atoms with Crippen molar-refractivity contribution in [1.82, 2.24) is 24.8 Å². The molecule has 1 fully saturated rings. The van der Waals surface area contributed by atoms with Crippen LogP contribution in [0.25, 0.3) is 0 Å². The summed E-state index contributed by atoms with van der Waals surface area (Å²) in [4.78, 5) is 20.0. The first-order chi connectivity index (χ1) is 12.8. The summed E-state index contributed by atoms with van der Waals surface area (Å²) in [7, 11) is 0. The molecule has 0 unspecified atom stereocenters. The number of hydrogen-bond acceptors (Lipinski definition) is 6. The molecule has 132 valence electrons. The minimum absolute atomic E-state index is 0.251. The normalized spacial score (nSPS) is 17.3. The van der Waals surface area contributed by atoms with E-state index in [2.05, 4.69) is 25.9 Å². The zero-order valence-corrected chi connectivity index (χ0v) is 14.7. The molecule has 0 N–H and O–H groups in total. The van der Waals surface area contributed by atoms with Crippen molar-refractivity contribution in [2.24, 2.45) is 0 Å². The van der Waals surface area contributed by atoms with Gasteiger partial charge in [-0.05, 0) is 50.1 Å². The number of ether oxygens (including phenoxy) is 1. The second-order valence-electron chi connectivity index (χ2n) is 6.46. The monoisotopic (exact) mass is 347 g/mol. The highest BCUT2D eigenvalue weighted by Crippen LogP contribution is 2.33. The van der Waals surface area contributed by atoms with Crippen LogP contribution in [-0.4, -0.2) is 31.4 Å². The van der Waals surface area contributed by atoms with Crippen molar-refractivity contribution in [3.8, 4) is 11.6 Å². The van der Waals surface area contributed by atoms with Crippen LogP contribution in [-0.2, 0) is 6.54 Å². The second-order valence-corrected chi connectivity index (χ2v) is 6.46. The number of nitrogens with zero attached hydrogens (tertiary/aromatic N) is 5. The van der Waals surface area contributed by atoms with E-state index in [4.69, 9.17) is 9.72 Å². The minimum Gasteiger partial charge on any atom is -0.436 e. The number of pyridine rings is 2. The first-order valence-electron chi connectivity index (χ1n) is 8.84. The Labute approximate surface area is 152 Å². The summed E-state index contributed by atoms with van der Waals surface area (Å²) < 4.78 is 5.90. The Bertz CT molecular complexity index is 871. The van der Waals surface area contributed by atoms with Crippen molar-refractivity contribution in [3.63, 3.8) is 0 Å². The Kier molecular flexibility index (Phi) is 4.84. The van der Waals surface area contributed by atoms with Crippen LogP contribution in [0.1, 0.15) is 35.8 Å². The zero-order valence-electron chi connectivity index (χ0n) is 14.7. The fourth-order valence-electron chi connectivity index (χ4n) is 3.34. The SMILES string of the molecule is Cc1ncccc1Oc1cncc([C@H]2CCCN2Cc2cccnc2)n1. The van der Waals surface area contributed by atoms with E-state index >= 15 is 0 Å². The Morgan fingerprint density at radius 2 is 2.04 bits per heavy atom. The molecule has 4 heterocycles. The Hall–Kier alpha value is -2.86. The predicted molar refractivity (Wildman–Crippen MR) is 97.7 cm³/mol. The van der Waals surface area contributed by atoms with Gasteiger partial charge in [0, 0.05) is 25.1 Å². The summed E-state index contributed by atoms with van der Waals surface area (Å²) in [6.45, 7) is 3.83. The summed E-state index contributed by atoms with van der Waals surface area (Å²) >= 11 is 0. The van der Waals surface area contributed by atoms with E-state index in [1.807, 2.05) is 37.5 Å². The highest BCUT2D eigenvalue weighted by atomic mass is 16.5. The van der Waals surface area contributed by atoms with Gasteiger partial charge >= 0.3 is 0 Å². The van der Waals surface area contributed by atoms with Gasteiger partial charge in [-0.15, -0.1) is 0 Å². The summed E-state index contributed by atoms with van der Waals surface area (Å²) in [6.07, 6.45) is 11.2. The van der Waals surface area contributed by atoms with Crippen LogP contribution in [0.3, 0.4) is 0 Å². The summed E-state index contributed by atoms with van der Waals surface area (Å²) in [6, 6.07) is 8.08. The predicted octanol–water partition coefficient (Wildman–Crippen LogP) is 3.70. The van der Waals surface area contributed by atoms with Gasteiger partial charge in [0.15, 0.2) is 5.75 Å². The smallest absolute Gasteiger partial charge is 0.238 e. The Morgan fingerprint density at radius 1 is 1.12 bits per heavy atom. The van der Waals surface area contributed by atoms with Crippen molar-refractivity contribution in [2.45, 2.75) is 32.4 Å². The van der Waals surface area contributed by atoms with Crippen molar-refractivity contribution in [2.75, 3.05) is 6.54 Å². The van der Waals surface area contributed by atoms with Gasteiger partial charge < -0.3 is 4.74 Å². The van der Waals surface area contributed by atoms with Crippen LogP contribution in [0, 0.1) is 6.92 Å². The van der Waals surface area contributed by atoms with Crippen LogP contribution in [0.4, 0.5) is 0 Å². The molecule has 0 saturated carbocycles. The largest absolute Gasteiger partial charge is 0.436 e. The molecule has 6 heteroatoms. The highest BCUT2D eigenvalue weighted by Gasteiger charge is 2.27. The fourth-order valence-corrected chi connectivity index (χ4v) is 3.34. The van der Waals surface area contributed by atoms with Crippen LogP contribution < -0.4 is 4.74 Å². The maximum atomic E-state index is 5.90. The lowest BCUT2D eigenvalue weighted by Gasteiger charge is -2.24. The van der Waals surface area contributed by atoms with Gasteiger partial charge in [-0.2, -0.15) is 0 Å². The van der Waals surface area contributed by atoms with E-state index < -0.39 is 0 Å². The van der Waals surface area contributed by atoms with Gasteiger partial charge in [0.2, 0.25) is 5.88 Å².